The molecule has 1 aromatic rings. The molecule has 1 aromatic heterocycles. The van der Waals surface area contributed by atoms with Gasteiger partial charge in [0.05, 0.1) is 19.6 Å². The van der Waals surface area contributed by atoms with Gasteiger partial charge in [0.15, 0.2) is 0 Å². The van der Waals surface area contributed by atoms with Gasteiger partial charge in [-0.25, -0.2) is 0 Å². The molecule has 0 bridgehead atoms. The van der Waals surface area contributed by atoms with Crippen molar-refractivity contribution < 1.29 is 4.90 Å². The summed E-state index contributed by atoms with van der Waals surface area (Å²) < 4.78 is 2.48. The van der Waals surface area contributed by atoms with Crippen molar-refractivity contribution in [3.8, 4) is 0 Å². The molecule has 84 valence electrons. The molecule has 0 amide bonds. The Morgan fingerprint density at radius 1 is 1.33 bits per heavy atom. The van der Waals surface area contributed by atoms with Crippen LogP contribution in [0.3, 0.4) is 0 Å². The van der Waals surface area contributed by atoms with Crippen molar-refractivity contribution in [1.29, 1.82) is 0 Å². The van der Waals surface area contributed by atoms with Crippen molar-refractivity contribution in [3.63, 3.8) is 0 Å². The van der Waals surface area contributed by atoms with Gasteiger partial charge in [0.25, 0.3) is 0 Å². The Morgan fingerprint density at radius 2 is 2.00 bits per heavy atom. The average Bonchev–Trinajstić information content (AvgIpc) is 2.79. The molecular formula is C13H23N2+. The largest absolute Gasteiger partial charge is 0.343 e. The maximum atomic E-state index is 2.48. The minimum atomic E-state index is 0.847. The Labute approximate surface area is 92.9 Å². The van der Waals surface area contributed by atoms with E-state index in [0.717, 1.165) is 6.04 Å². The van der Waals surface area contributed by atoms with Crippen LogP contribution in [0.15, 0.2) is 12.1 Å². The SMILES string of the molecule is CC[NH+]1CCC[C@@H]1Cn1c(C)ccc1C. The third-order valence-electron chi connectivity index (χ3n) is 3.90. The zero-order chi connectivity index (χ0) is 10.8. The molecule has 1 aliphatic rings. The number of nitrogens with one attached hydrogen (secondary N) is 1. The van der Waals surface area contributed by atoms with Gasteiger partial charge >= 0.3 is 0 Å². The highest BCUT2D eigenvalue weighted by molar-refractivity contribution is 5.13. The normalized spacial score (nSPS) is 26.1. The van der Waals surface area contributed by atoms with Gasteiger partial charge in [-0.1, -0.05) is 0 Å². The van der Waals surface area contributed by atoms with Gasteiger partial charge in [-0.2, -0.15) is 0 Å². The van der Waals surface area contributed by atoms with Crippen LogP contribution in [0.1, 0.15) is 31.2 Å². The van der Waals surface area contributed by atoms with E-state index < -0.39 is 0 Å². The molecule has 2 rings (SSSR count). The summed E-state index contributed by atoms with van der Waals surface area (Å²) in [5.41, 5.74) is 2.82. The molecule has 0 saturated carbocycles. The molecule has 1 unspecified atom stereocenters. The maximum absolute atomic E-state index is 2.48. The van der Waals surface area contributed by atoms with E-state index in [2.05, 4.69) is 37.5 Å². The van der Waals surface area contributed by atoms with Gasteiger partial charge in [-0.05, 0) is 32.9 Å². The summed E-state index contributed by atoms with van der Waals surface area (Å²) in [5, 5.41) is 0. The van der Waals surface area contributed by atoms with Crippen LogP contribution in [0.25, 0.3) is 0 Å². The fourth-order valence-electron chi connectivity index (χ4n) is 2.88. The quantitative estimate of drug-likeness (QED) is 0.762. The predicted molar refractivity (Wildman–Crippen MR) is 63.3 cm³/mol. The Bertz CT molecular complexity index is 308. The Balaban J connectivity index is 2.08. The van der Waals surface area contributed by atoms with E-state index in [9.17, 15) is 0 Å². The molecule has 0 aromatic carbocycles. The third-order valence-corrected chi connectivity index (χ3v) is 3.90. The number of aryl methyl sites for hydroxylation is 2. The zero-order valence-electron chi connectivity index (χ0n) is 10.2. The van der Waals surface area contributed by atoms with Gasteiger partial charge in [0, 0.05) is 24.2 Å². The number of rotatable bonds is 3. The minimum Gasteiger partial charge on any atom is -0.343 e. The number of quaternary nitrogens is 1. The van der Waals surface area contributed by atoms with E-state index in [0.29, 0.717) is 0 Å². The van der Waals surface area contributed by atoms with Gasteiger partial charge < -0.3 is 9.47 Å². The second kappa shape index (κ2) is 4.40. The minimum absolute atomic E-state index is 0.847. The van der Waals surface area contributed by atoms with Crippen molar-refractivity contribution >= 4 is 0 Å². The molecule has 1 fully saturated rings. The van der Waals surface area contributed by atoms with Crippen molar-refractivity contribution in [3.05, 3.63) is 23.5 Å². The maximum Gasteiger partial charge on any atom is 0.106 e. The summed E-state index contributed by atoms with van der Waals surface area (Å²) in [6.45, 7) is 10.6. The smallest absolute Gasteiger partial charge is 0.106 e. The molecule has 1 N–H and O–H groups in total. The Morgan fingerprint density at radius 3 is 2.60 bits per heavy atom. The van der Waals surface area contributed by atoms with Crippen molar-refractivity contribution in [2.24, 2.45) is 0 Å². The molecule has 1 saturated heterocycles. The lowest BCUT2D eigenvalue weighted by Gasteiger charge is -2.22. The second-order valence-corrected chi connectivity index (χ2v) is 4.83. The van der Waals surface area contributed by atoms with Gasteiger partial charge in [0.1, 0.15) is 6.04 Å². The fourth-order valence-corrected chi connectivity index (χ4v) is 2.88. The molecule has 2 nitrogen and oxygen atoms in total. The van der Waals surface area contributed by atoms with Gasteiger partial charge in [0.2, 0.25) is 0 Å². The summed E-state index contributed by atoms with van der Waals surface area (Å²) in [6.07, 6.45) is 2.81. The lowest BCUT2D eigenvalue weighted by molar-refractivity contribution is -0.911. The van der Waals surface area contributed by atoms with Crippen LogP contribution in [0.5, 0.6) is 0 Å². The Kier molecular flexibility index (Phi) is 3.15. The molecule has 2 atom stereocenters. The predicted octanol–water partition coefficient (Wildman–Crippen LogP) is 1.17. The third kappa shape index (κ3) is 2.10. The first-order valence-electron chi connectivity index (χ1n) is 6.19. The lowest BCUT2D eigenvalue weighted by atomic mass is 10.2. The van der Waals surface area contributed by atoms with Crippen LogP contribution >= 0.6 is 0 Å². The highest BCUT2D eigenvalue weighted by Crippen LogP contribution is 2.10. The van der Waals surface area contributed by atoms with Crippen molar-refractivity contribution in [2.45, 2.75) is 46.2 Å². The zero-order valence-corrected chi connectivity index (χ0v) is 10.2. The summed E-state index contributed by atoms with van der Waals surface area (Å²) in [5.74, 6) is 0. The van der Waals surface area contributed by atoms with Crippen molar-refractivity contribution in [2.75, 3.05) is 13.1 Å². The van der Waals surface area contributed by atoms with Crippen LogP contribution in [-0.2, 0) is 6.54 Å². The number of hydrogen-bond donors (Lipinski definition) is 1. The number of nitrogens with zero attached hydrogens (tertiary/aromatic N) is 1. The summed E-state index contributed by atoms with van der Waals surface area (Å²) in [4.78, 5) is 1.79. The first kappa shape index (κ1) is 10.7. The highest BCUT2D eigenvalue weighted by Gasteiger charge is 2.27. The molecular weight excluding hydrogens is 184 g/mol. The molecule has 0 aliphatic carbocycles. The number of likely N-dealkylation sites (N-methyl/N-ethyl adjacent to an activating group) is 1. The lowest BCUT2D eigenvalue weighted by Crippen LogP contribution is -3.13. The first-order chi connectivity index (χ1) is 7.22. The van der Waals surface area contributed by atoms with Gasteiger partial charge in [-0.15, -0.1) is 0 Å². The number of hydrogen-bond acceptors (Lipinski definition) is 0. The second-order valence-electron chi connectivity index (χ2n) is 4.83. The van der Waals surface area contributed by atoms with E-state index in [4.69, 9.17) is 0 Å². The molecule has 0 spiro atoms. The number of aromatic nitrogens is 1. The van der Waals surface area contributed by atoms with Crippen LogP contribution < -0.4 is 4.90 Å². The molecule has 2 heteroatoms. The Hall–Kier alpha value is -0.760. The molecule has 1 aliphatic heterocycles. The molecule has 15 heavy (non-hydrogen) atoms. The number of likely N-dealkylation sites (tertiary alicyclic amines) is 1. The topological polar surface area (TPSA) is 9.37 Å². The summed E-state index contributed by atoms with van der Waals surface area (Å²) in [6, 6.07) is 5.31. The van der Waals surface area contributed by atoms with E-state index >= 15 is 0 Å². The standard InChI is InChI=1S/C13H22N2/c1-4-14-9-5-6-13(14)10-15-11(2)7-8-12(15)3/h7-8,13H,4-6,9-10H2,1-3H3/p+1/t13-/m1/s1. The fraction of sp³-hybridized carbons (Fsp3) is 0.692. The summed E-state index contributed by atoms with van der Waals surface area (Å²) in [7, 11) is 0. The van der Waals surface area contributed by atoms with Gasteiger partial charge in [-0.3, -0.25) is 0 Å². The molecule has 0 radical (unpaired) electrons. The van der Waals surface area contributed by atoms with Crippen molar-refractivity contribution in [1.82, 2.24) is 4.57 Å². The van der Waals surface area contributed by atoms with E-state index in [1.54, 1.807) is 4.90 Å². The van der Waals surface area contributed by atoms with E-state index in [1.807, 2.05) is 0 Å². The molecule has 2 heterocycles. The van der Waals surface area contributed by atoms with Crippen LogP contribution in [-0.4, -0.2) is 23.7 Å². The summed E-state index contributed by atoms with van der Waals surface area (Å²) >= 11 is 0. The van der Waals surface area contributed by atoms with E-state index in [-0.39, 0.29) is 0 Å². The van der Waals surface area contributed by atoms with Crippen LogP contribution in [0, 0.1) is 13.8 Å². The van der Waals surface area contributed by atoms with Crippen LogP contribution in [0.2, 0.25) is 0 Å². The van der Waals surface area contributed by atoms with Crippen LogP contribution in [0.4, 0.5) is 0 Å². The first-order valence-corrected chi connectivity index (χ1v) is 6.19. The highest BCUT2D eigenvalue weighted by atomic mass is 15.2. The monoisotopic (exact) mass is 207 g/mol. The van der Waals surface area contributed by atoms with E-state index in [1.165, 1.54) is 43.9 Å². The average molecular weight is 207 g/mol.